The summed E-state index contributed by atoms with van der Waals surface area (Å²) >= 11 is 3.93. The summed E-state index contributed by atoms with van der Waals surface area (Å²) in [6, 6.07) is 6.94. The molecule has 5 heteroatoms. The summed E-state index contributed by atoms with van der Waals surface area (Å²) in [5.74, 6) is 0.0960. The highest BCUT2D eigenvalue weighted by molar-refractivity contribution is 7.80. The maximum absolute atomic E-state index is 11.7. The molecule has 0 bridgehead atoms. The van der Waals surface area contributed by atoms with Gasteiger partial charge in [0.05, 0.1) is 6.10 Å². The Morgan fingerprint density at radius 2 is 1.94 bits per heavy atom. The lowest BCUT2D eigenvalue weighted by atomic mass is 10.0. The third-order valence-electron chi connectivity index (χ3n) is 2.98. The molecule has 1 aromatic rings. The predicted octanol–water partition coefficient (Wildman–Crippen LogP) is 0.903. The average Bonchev–Trinajstić information content (AvgIpc) is 3.21. The van der Waals surface area contributed by atoms with Crippen molar-refractivity contribution in [1.29, 1.82) is 0 Å². The standard InChI is InChI=1S/C13H17NO3S/c15-11(7-18)12(16)8-1-3-9(4-2-8)13(17)14-10-5-6-10/h1-4,10-12,15-16,18H,5-7H2,(H,14,17). The van der Waals surface area contributed by atoms with E-state index in [9.17, 15) is 15.0 Å². The van der Waals surface area contributed by atoms with Gasteiger partial charge in [-0.05, 0) is 30.5 Å². The topological polar surface area (TPSA) is 69.6 Å². The number of hydrogen-bond acceptors (Lipinski definition) is 4. The summed E-state index contributed by atoms with van der Waals surface area (Å²) in [7, 11) is 0. The summed E-state index contributed by atoms with van der Waals surface area (Å²) in [6.45, 7) is 0. The molecule has 2 rings (SSSR count). The van der Waals surface area contributed by atoms with E-state index in [0.29, 0.717) is 17.2 Å². The fourth-order valence-corrected chi connectivity index (χ4v) is 1.85. The third-order valence-corrected chi connectivity index (χ3v) is 3.35. The summed E-state index contributed by atoms with van der Waals surface area (Å²) in [5, 5.41) is 22.1. The first-order valence-electron chi connectivity index (χ1n) is 5.99. The molecule has 0 aromatic heterocycles. The number of carbonyl (C=O) groups excluding carboxylic acids is 1. The number of aliphatic hydroxyl groups excluding tert-OH is 2. The molecule has 0 radical (unpaired) electrons. The van der Waals surface area contributed by atoms with Gasteiger partial charge in [-0.2, -0.15) is 12.6 Å². The van der Waals surface area contributed by atoms with Crippen molar-refractivity contribution in [2.45, 2.75) is 31.1 Å². The van der Waals surface area contributed by atoms with Gasteiger partial charge >= 0.3 is 0 Å². The average molecular weight is 267 g/mol. The Labute approximate surface area is 111 Å². The molecule has 0 spiro atoms. The monoisotopic (exact) mass is 267 g/mol. The third kappa shape index (κ3) is 3.25. The molecular weight excluding hydrogens is 250 g/mol. The molecule has 1 aliphatic carbocycles. The smallest absolute Gasteiger partial charge is 0.251 e. The fraction of sp³-hybridized carbons (Fsp3) is 0.462. The van der Waals surface area contributed by atoms with Gasteiger partial charge in [0, 0.05) is 17.4 Å². The molecular formula is C13H17NO3S. The van der Waals surface area contributed by atoms with Crippen molar-refractivity contribution in [3.05, 3.63) is 35.4 Å². The zero-order valence-electron chi connectivity index (χ0n) is 9.91. The van der Waals surface area contributed by atoms with E-state index in [0.717, 1.165) is 12.8 Å². The van der Waals surface area contributed by atoms with Crippen molar-refractivity contribution in [2.24, 2.45) is 0 Å². The fourth-order valence-electron chi connectivity index (χ4n) is 1.65. The van der Waals surface area contributed by atoms with Gasteiger partial charge in [0.15, 0.2) is 0 Å². The van der Waals surface area contributed by atoms with Crippen LogP contribution in [-0.4, -0.2) is 34.0 Å². The van der Waals surface area contributed by atoms with Crippen LogP contribution in [-0.2, 0) is 0 Å². The Hall–Kier alpha value is -1.04. The molecule has 0 heterocycles. The van der Waals surface area contributed by atoms with Crippen molar-refractivity contribution in [2.75, 3.05) is 5.75 Å². The number of thiol groups is 1. The maximum atomic E-state index is 11.7. The minimum absolute atomic E-state index is 0.0896. The molecule has 18 heavy (non-hydrogen) atoms. The number of carbonyl (C=O) groups is 1. The Morgan fingerprint density at radius 1 is 1.33 bits per heavy atom. The Morgan fingerprint density at radius 3 is 2.44 bits per heavy atom. The Balaban J connectivity index is 2.02. The molecule has 0 saturated heterocycles. The summed E-state index contributed by atoms with van der Waals surface area (Å²) < 4.78 is 0. The van der Waals surface area contributed by atoms with Crippen LogP contribution in [0.1, 0.15) is 34.9 Å². The normalized spacial score (nSPS) is 18.2. The van der Waals surface area contributed by atoms with E-state index in [2.05, 4.69) is 17.9 Å². The first-order chi connectivity index (χ1) is 8.61. The van der Waals surface area contributed by atoms with Crippen molar-refractivity contribution >= 4 is 18.5 Å². The van der Waals surface area contributed by atoms with Crippen LogP contribution < -0.4 is 5.32 Å². The second-order valence-corrected chi connectivity index (χ2v) is 4.93. The van der Waals surface area contributed by atoms with Crippen molar-refractivity contribution in [3.63, 3.8) is 0 Å². The lowest BCUT2D eigenvalue weighted by molar-refractivity contribution is 0.0337. The van der Waals surface area contributed by atoms with E-state index in [4.69, 9.17) is 0 Å². The van der Waals surface area contributed by atoms with E-state index < -0.39 is 12.2 Å². The Bertz CT molecular complexity index is 417. The highest BCUT2D eigenvalue weighted by Gasteiger charge is 2.24. The molecule has 1 aliphatic rings. The van der Waals surface area contributed by atoms with Crippen LogP contribution in [0, 0.1) is 0 Å². The van der Waals surface area contributed by atoms with Gasteiger partial charge in [-0.15, -0.1) is 0 Å². The van der Waals surface area contributed by atoms with Crippen LogP contribution in [0.25, 0.3) is 0 Å². The number of benzene rings is 1. The molecule has 98 valence electrons. The largest absolute Gasteiger partial charge is 0.389 e. The molecule has 2 unspecified atom stereocenters. The number of rotatable bonds is 5. The summed E-state index contributed by atoms with van der Waals surface area (Å²) in [6.07, 6.45) is 0.232. The molecule has 4 nitrogen and oxygen atoms in total. The lowest BCUT2D eigenvalue weighted by Crippen LogP contribution is -2.25. The van der Waals surface area contributed by atoms with Gasteiger partial charge in [0.25, 0.3) is 5.91 Å². The van der Waals surface area contributed by atoms with Crippen LogP contribution in [0.5, 0.6) is 0 Å². The first-order valence-corrected chi connectivity index (χ1v) is 6.63. The minimum atomic E-state index is -0.969. The quantitative estimate of drug-likeness (QED) is 0.599. The van der Waals surface area contributed by atoms with Crippen LogP contribution in [0.3, 0.4) is 0 Å². The number of amides is 1. The molecule has 1 aromatic carbocycles. The van der Waals surface area contributed by atoms with E-state index in [1.807, 2.05) is 0 Å². The van der Waals surface area contributed by atoms with Crippen molar-refractivity contribution < 1.29 is 15.0 Å². The zero-order valence-corrected chi connectivity index (χ0v) is 10.8. The predicted molar refractivity (Wildman–Crippen MR) is 71.7 cm³/mol. The van der Waals surface area contributed by atoms with Gasteiger partial charge < -0.3 is 15.5 Å². The zero-order chi connectivity index (χ0) is 13.1. The molecule has 0 aliphatic heterocycles. The summed E-state index contributed by atoms with van der Waals surface area (Å²) in [5.41, 5.74) is 1.15. The van der Waals surface area contributed by atoms with E-state index >= 15 is 0 Å². The van der Waals surface area contributed by atoms with E-state index in [1.165, 1.54) is 0 Å². The lowest BCUT2D eigenvalue weighted by Gasteiger charge is -2.16. The van der Waals surface area contributed by atoms with Crippen molar-refractivity contribution in [3.8, 4) is 0 Å². The van der Waals surface area contributed by atoms with Crippen LogP contribution in [0.15, 0.2) is 24.3 Å². The van der Waals surface area contributed by atoms with Gasteiger partial charge in [0.2, 0.25) is 0 Å². The highest BCUT2D eigenvalue weighted by Crippen LogP contribution is 2.21. The number of hydrogen-bond donors (Lipinski definition) is 4. The minimum Gasteiger partial charge on any atom is -0.389 e. The maximum Gasteiger partial charge on any atom is 0.251 e. The summed E-state index contributed by atoms with van der Waals surface area (Å²) in [4.78, 5) is 11.7. The first kappa shape index (κ1) is 13.4. The number of nitrogens with one attached hydrogen (secondary N) is 1. The van der Waals surface area contributed by atoms with Gasteiger partial charge in [-0.25, -0.2) is 0 Å². The molecule has 1 saturated carbocycles. The van der Waals surface area contributed by atoms with Gasteiger partial charge in [-0.1, -0.05) is 12.1 Å². The molecule has 2 atom stereocenters. The van der Waals surface area contributed by atoms with Crippen LogP contribution in [0.2, 0.25) is 0 Å². The molecule has 1 fully saturated rings. The van der Waals surface area contributed by atoms with Crippen LogP contribution in [0.4, 0.5) is 0 Å². The number of aliphatic hydroxyl groups is 2. The second-order valence-electron chi connectivity index (χ2n) is 4.56. The molecule has 1 amide bonds. The molecule has 3 N–H and O–H groups in total. The second kappa shape index (κ2) is 5.73. The van der Waals surface area contributed by atoms with Crippen molar-refractivity contribution in [1.82, 2.24) is 5.32 Å². The van der Waals surface area contributed by atoms with E-state index in [1.54, 1.807) is 24.3 Å². The van der Waals surface area contributed by atoms with Crippen LogP contribution >= 0.6 is 12.6 Å². The van der Waals surface area contributed by atoms with Gasteiger partial charge in [0.1, 0.15) is 6.10 Å². The SMILES string of the molecule is O=C(NC1CC1)c1ccc(C(O)C(O)CS)cc1. The van der Waals surface area contributed by atoms with Gasteiger partial charge in [-0.3, -0.25) is 4.79 Å². The Kier molecular flexibility index (Phi) is 4.27. The highest BCUT2D eigenvalue weighted by atomic mass is 32.1. The van der Waals surface area contributed by atoms with E-state index in [-0.39, 0.29) is 11.7 Å².